The van der Waals surface area contributed by atoms with Crippen molar-refractivity contribution in [1.29, 1.82) is 0 Å². The fourth-order valence-corrected chi connectivity index (χ4v) is 1.56. The monoisotopic (exact) mass is 191 g/mol. The minimum atomic E-state index is 0.0617. The maximum Gasteiger partial charge on any atom is 0.254 e. The van der Waals surface area contributed by atoms with E-state index >= 15 is 0 Å². The van der Waals surface area contributed by atoms with Gasteiger partial charge in [-0.15, -0.1) is 0 Å². The van der Waals surface area contributed by atoms with Gasteiger partial charge < -0.3 is 10.6 Å². The summed E-state index contributed by atoms with van der Waals surface area (Å²) >= 11 is 0. The number of carbonyl (C=O) groups is 1. The molecule has 4 heteroatoms. The average molecular weight is 191 g/mol. The number of rotatable bonds is 1. The van der Waals surface area contributed by atoms with Crippen LogP contribution in [-0.4, -0.2) is 34.9 Å². The quantitative estimate of drug-likeness (QED) is 0.688. The van der Waals surface area contributed by atoms with E-state index in [1.807, 2.05) is 6.92 Å². The van der Waals surface area contributed by atoms with Crippen LogP contribution < -0.4 is 5.73 Å². The van der Waals surface area contributed by atoms with Gasteiger partial charge in [0.15, 0.2) is 0 Å². The number of hydrogen-bond donors (Lipinski definition) is 1. The van der Waals surface area contributed by atoms with Crippen LogP contribution in [0.5, 0.6) is 0 Å². The molecule has 2 N–H and O–H groups in total. The van der Waals surface area contributed by atoms with Crippen LogP contribution in [0.2, 0.25) is 0 Å². The molecule has 0 radical (unpaired) electrons. The molecule has 1 aromatic rings. The highest BCUT2D eigenvalue weighted by Crippen LogP contribution is 2.14. The van der Waals surface area contributed by atoms with E-state index in [0.717, 1.165) is 11.1 Å². The van der Waals surface area contributed by atoms with E-state index in [1.54, 1.807) is 23.4 Å². The first-order valence-corrected chi connectivity index (χ1v) is 4.64. The standard InChI is InChI=1S/C10H13N3O/c1-7-4-12-3-2-9(7)10(14)13-5-8(11)6-13/h2-4,8H,5-6,11H2,1H3. The van der Waals surface area contributed by atoms with Crippen molar-refractivity contribution in [3.63, 3.8) is 0 Å². The number of nitrogens with zero attached hydrogens (tertiary/aromatic N) is 2. The molecule has 1 aliphatic heterocycles. The molecule has 0 aromatic carbocycles. The largest absolute Gasteiger partial charge is 0.335 e. The lowest BCUT2D eigenvalue weighted by Gasteiger charge is -2.37. The molecule has 4 nitrogen and oxygen atoms in total. The van der Waals surface area contributed by atoms with Crippen molar-refractivity contribution in [2.24, 2.45) is 5.73 Å². The van der Waals surface area contributed by atoms with E-state index in [9.17, 15) is 4.79 Å². The molecule has 0 bridgehead atoms. The molecule has 1 saturated heterocycles. The number of hydrogen-bond acceptors (Lipinski definition) is 3. The number of likely N-dealkylation sites (tertiary alicyclic amines) is 1. The highest BCUT2D eigenvalue weighted by molar-refractivity contribution is 5.96. The lowest BCUT2D eigenvalue weighted by atomic mass is 10.1. The third kappa shape index (κ3) is 1.48. The van der Waals surface area contributed by atoms with Crippen molar-refractivity contribution < 1.29 is 4.79 Å². The highest BCUT2D eigenvalue weighted by atomic mass is 16.2. The van der Waals surface area contributed by atoms with Crippen LogP contribution in [0.3, 0.4) is 0 Å². The predicted octanol–water partition coefficient (Wildman–Crippen LogP) is 0.173. The summed E-state index contributed by atoms with van der Waals surface area (Å²) in [6.07, 6.45) is 3.34. The van der Waals surface area contributed by atoms with Crippen molar-refractivity contribution in [2.75, 3.05) is 13.1 Å². The van der Waals surface area contributed by atoms with E-state index in [2.05, 4.69) is 4.98 Å². The van der Waals surface area contributed by atoms with Gasteiger partial charge in [0.2, 0.25) is 0 Å². The van der Waals surface area contributed by atoms with Crippen molar-refractivity contribution in [3.8, 4) is 0 Å². The summed E-state index contributed by atoms with van der Waals surface area (Å²) in [5.74, 6) is 0.0617. The first kappa shape index (κ1) is 9.15. The molecule has 1 fully saturated rings. The molecule has 0 saturated carbocycles. The van der Waals surface area contributed by atoms with Gasteiger partial charge in [-0.1, -0.05) is 0 Å². The molecule has 1 aromatic heterocycles. The second kappa shape index (κ2) is 3.38. The third-order valence-corrected chi connectivity index (χ3v) is 2.45. The minimum absolute atomic E-state index is 0.0617. The summed E-state index contributed by atoms with van der Waals surface area (Å²) < 4.78 is 0. The fourth-order valence-electron chi connectivity index (χ4n) is 1.56. The second-order valence-electron chi connectivity index (χ2n) is 3.66. The summed E-state index contributed by atoms with van der Waals surface area (Å²) in [4.78, 5) is 17.5. The van der Waals surface area contributed by atoms with Crippen LogP contribution in [-0.2, 0) is 0 Å². The molecular weight excluding hydrogens is 178 g/mol. The van der Waals surface area contributed by atoms with Gasteiger partial charge in [-0.2, -0.15) is 0 Å². The second-order valence-corrected chi connectivity index (χ2v) is 3.66. The molecule has 2 rings (SSSR count). The predicted molar refractivity (Wildman–Crippen MR) is 52.9 cm³/mol. The Morgan fingerprint density at radius 2 is 2.36 bits per heavy atom. The number of nitrogens with two attached hydrogens (primary N) is 1. The molecule has 0 atom stereocenters. The summed E-state index contributed by atoms with van der Waals surface area (Å²) in [5, 5.41) is 0. The van der Waals surface area contributed by atoms with Gasteiger partial charge >= 0.3 is 0 Å². The number of aromatic nitrogens is 1. The molecule has 74 valence electrons. The van der Waals surface area contributed by atoms with Gasteiger partial charge in [0.05, 0.1) is 0 Å². The molecule has 0 aliphatic carbocycles. The Labute approximate surface area is 82.7 Å². The summed E-state index contributed by atoms with van der Waals surface area (Å²) in [7, 11) is 0. The van der Waals surface area contributed by atoms with E-state index in [0.29, 0.717) is 13.1 Å². The Morgan fingerprint density at radius 1 is 1.64 bits per heavy atom. The maximum absolute atomic E-state index is 11.8. The van der Waals surface area contributed by atoms with E-state index in [-0.39, 0.29) is 11.9 Å². The molecular formula is C10H13N3O. The average Bonchev–Trinajstić information content (AvgIpc) is 2.13. The molecule has 14 heavy (non-hydrogen) atoms. The van der Waals surface area contributed by atoms with Crippen LogP contribution in [0.15, 0.2) is 18.5 Å². The number of pyridine rings is 1. The van der Waals surface area contributed by atoms with Crippen molar-refractivity contribution in [3.05, 3.63) is 29.6 Å². The van der Waals surface area contributed by atoms with E-state index in [1.165, 1.54) is 0 Å². The van der Waals surface area contributed by atoms with Crippen molar-refractivity contribution >= 4 is 5.91 Å². The van der Waals surface area contributed by atoms with Crippen LogP contribution in [0, 0.1) is 6.92 Å². The van der Waals surface area contributed by atoms with Crippen LogP contribution in [0.1, 0.15) is 15.9 Å². The topological polar surface area (TPSA) is 59.2 Å². The Kier molecular flexibility index (Phi) is 2.21. The Balaban J connectivity index is 2.16. The van der Waals surface area contributed by atoms with Gasteiger partial charge in [-0.25, -0.2) is 0 Å². The first-order valence-electron chi connectivity index (χ1n) is 4.64. The van der Waals surface area contributed by atoms with E-state index in [4.69, 9.17) is 5.73 Å². The van der Waals surface area contributed by atoms with Gasteiger partial charge in [0.25, 0.3) is 5.91 Å². The van der Waals surface area contributed by atoms with Gasteiger partial charge in [0.1, 0.15) is 0 Å². The lowest BCUT2D eigenvalue weighted by molar-refractivity contribution is 0.0607. The summed E-state index contributed by atoms with van der Waals surface area (Å²) in [6, 6.07) is 1.91. The summed E-state index contributed by atoms with van der Waals surface area (Å²) in [5.41, 5.74) is 7.26. The van der Waals surface area contributed by atoms with Crippen molar-refractivity contribution in [2.45, 2.75) is 13.0 Å². The molecule has 0 unspecified atom stereocenters. The van der Waals surface area contributed by atoms with Crippen molar-refractivity contribution in [1.82, 2.24) is 9.88 Å². The summed E-state index contributed by atoms with van der Waals surface area (Å²) in [6.45, 7) is 3.22. The lowest BCUT2D eigenvalue weighted by Crippen LogP contribution is -2.57. The van der Waals surface area contributed by atoms with Crippen LogP contribution in [0.4, 0.5) is 0 Å². The number of amides is 1. The minimum Gasteiger partial charge on any atom is -0.335 e. The number of carbonyl (C=O) groups excluding carboxylic acids is 1. The Hall–Kier alpha value is -1.42. The van der Waals surface area contributed by atoms with Gasteiger partial charge in [0, 0.05) is 37.1 Å². The smallest absolute Gasteiger partial charge is 0.254 e. The zero-order valence-corrected chi connectivity index (χ0v) is 8.10. The third-order valence-electron chi connectivity index (χ3n) is 2.45. The maximum atomic E-state index is 11.8. The molecule has 0 spiro atoms. The van der Waals surface area contributed by atoms with Gasteiger partial charge in [-0.05, 0) is 18.6 Å². The first-order chi connectivity index (χ1) is 6.68. The SMILES string of the molecule is Cc1cnccc1C(=O)N1CC(N)C1. The molecule has 1 amide bonds. The van der Waals surface area contributed by atoms with Crippen LogP contribution >= 0.6 is 0 Å². The molecule has 1 aliphatic rings. The van der Waals surface area contributed by atoms with E-state index < -0.39 is 0 Å². The Bertz CT molecular complexity index is 358. The number of aryl methyl sites for hydroxylation is 1. The molecule has 2 heterocycles. The Morgan fingerprint density at radius 3 is 2.93 bits per heavy atom. The zero-order valence-electron chi connectivity index (χ0n) is 8.10. The fraction of sp³-hybridized carbons (Fsp3) is 0.400. The van der Waals surface area contributed by atoms with Crippen LogP contribution in [0.25, 0.3) is 0 Å². The normalized spacial score (nSPS) is 16.6. The van der Waals surface area contributed by atoms with Gasteiger partial charge in [-0.3, -0.25) is 9.78 Å². The highest BCUT2D eigenvalue weighted by Gasteiger charge is 2.28. The zero-order chi connectivity index (χ0) is 10.1.